The molecule has 194 valence electrons. The summed E-state index contributed by atoms with van der Waals surface area (Å²) in [6.45, 7) is 6.62. The number of amides is 1. The minimum Gasteiger partial charge on any atom is -0.493 e. The Labute approximate surface area is 212 Å². The van der Waals surface area contributed by atoms with E-state index < -0.39 is 0 Å². The Kier molecular flexibility index (Phi) is 14.4. The normalized spacial score (nSPS) is 10.7. The molecule has 0 aliphatic rings. The number of unbranched alkanes of at least 4 members (excludes halogenated alkanes) is 7. The third kappa shape index (κ3) is 12.0. The Balaban J connectivity index is 1.66. The summed E-state index contributed by atoms with van der Waals surface area (Å²) in [4.78, 5) is 12.2. The van der Waals surface area contributed by atoms with E-state index in [0.29, 0.717) is 24.7 Å². The molecule has 0 aliphatic carbocycles. The van der Waals surface area contributed by atoms with Crippen molar-refractivity contribution < 1.29 is 23.6 Å². The standard InChI is InChI=1S/C29H44N2O4/c1-4-6-7-8-9-10-11-12-21-34-26-15-16-27(28(22-26)33-3)35-24-29(32)30-18-17-25-14-13-20-31(23-25)19-5-2/h13-16,20,22-23H,4-12,17-19,21,24H2,1-3H3/p+1. The van der Waals surface area contributed by atoms with Crippen LogP contribution in [0.3, 0.4) is 0 Å². The van der Waals surface area contributed by atoms with E-state index in [2.05, 4.69) is 42.2 Å². The average molecular weight is 486 g/mol. The molecule has 6 nitrogen and oxygen atoms in total. The van der Waals surface area contributed by atoms with E-state index in [-0.39, 0.29) is 12.5 Å². The summed E-state index contributed by atoms with van der Waals surface area (Å²) in [5, 5.41) is 2.92. The van der Waals surface area contributed by atoms with Crippen LogP contribution < -0.4 is 24.1 Å². The highest BCUT2D eigenvalue weighted by molar-refractivity contribution is 5.77. The first-order valence-electron chi connectivity index (χ1n) is 13.3. The molecular weight excluding hydrogens is 440 g/mol. The van der Waals surface area contributed by atoms with Gasteiger partial charge in [-0.1, -0.05) is 58.8 Å². The van der Waals surface area contributed by atoms with Crippen LogP contribution in [-0.4, -0.2) is 32.8 Å². The van der Waals surface area contributed by atoms with E-state index in [1.165, 1.54) is 50.5 Å². The Morgan fingerprint density at radius 1 is 0.914 bits per heavy atom. The zero-order valence-electron chi connectivity index (χ0n) is 22.0. The zero-order chi connectivity index (χ0) is 25.1. The maximum Gasteiger partial charge on any atom is 0.257 e. The minimum absolute atomic E-state index is 0.0561. The molecule has 0 aliphatic heterocycles. The van der Waals surface area contributed by atoms with E-state index in [0.717, 1.165) is 31.6 Å². The lowest BCUT2D eigenvalue weighted by molar-refractivity contribution is -0.697. The van der Waals surface area contributed by atoms with Gasteiger partial charge in [0.05, 0.1) is 13.7 Å². The van der Waals surface area contributed by atoms with Gasteiger partial charge in [-0.05, 0) is 31.0 Å². The molecule has 0 unspecified atom stereocenters. The second-order valence-corrected chi connectivity index (χ2v) is 8.97. The van der Waals surface area contributed by atoms with Crippen LogP contribution in [0.25, 0.3) is 0 Å². The molecule has 0 atom stereocenters. The fourth-order valence-corrected chi connectivity index (χ4v) is 3.94. The topological polar surface area (TPSA) is 60.7 Å². The van der Waals surface area contributed by atoms with Gasteiger partial charge in [-0.25, -0.2) is 4.57 Å². The maximum absolute atomic E-state index is 12.2. The van der Waals surface area contributed by atoms with E-state index in [4.69, 9.17) is 14.2 Å². The summed E-state index contributed by atoms with van der Waals surface area (Å²) in [6, 6.07) is 9.61. The van der Waals surface area contributed by atoms with Gasteiger partial charge in [0, 0.05) is 30.7 Å². The van der Waals surface area contributed by atoms with Crippen molar-refractivity contribution >= 4 is 5.91 Å². The molecule has 2 rings (SSSR count). The number of carbonyl (C=O) groups excluding carboxylic acids is 1. The lowest BCUT2D eigenvalue weighted by Crippen LogP contribution is -2.34. The summed E-state index contributed by atoms with van der Waals surface area (Å²) in [6.07, 6.45) is 16.3. The minimum atomic E-state index is -0.153. The average Bonchev–Trinajstić information content (AvgIpc) is 2.87. The van der Waals surface area contributed by atoms with Crippen LogP contribution in [-0.2, 0) is 17.8 Å². The van der Waals surface area contributed by atoms with Gasteiger partial charge in [-0.15, -0.1) is 0 Å². The molecule has 0 spiro atoms. The van der Waals surface area contributed by atoms with Gasteiger partial charge >= 0.3 is 0 Å². The quantitative estimate of drug-likeness (QED) is 0.206. The van der Waals surface area contributed by atoms with E-state index in [1.807, 2.05) is 18.2 Å². The summed E-state index contributed by atoms with van der Waals surface area (Å²) in [7, 11) is 1.59. The van der Waals surface area contributed by atoms with E-state index >= 15 is 0 Å². The number of benzene rings is 1. The molecule has 1 amide bonds. The van der Waals surface area contributed by atoms with Crippen LogP contribution >= 0.6 is 0 Å². The van der Waals surface area contributed by atoms with Crippen molar-refractivity contribution in [3.05, 3.63) is 48.3 Å². The number of nitrogens with zero attached hydrogens (tertiary/aromatic N) is 1. The van der Waals surface area contributed by atoms with E-state index in [1.54, 1.807) is 13.2 Å². The number of rotatable bonds is 19. The first-order chi connectivity index (χ1) is 17.2. The summed E-state index contributed by atoms with van der Waals surface area (Å²) in [5.41, 5.74) is 1.20. The summed E-state index contributed by atoms with van der Waals surface area (Å²) in [5.74, 6) is 1.70. The smallest absolute Gasteiger partial charge is 0.257 e. The number of hydrogen-bond donors (Lipinski definition) is 1. The van der Waals surface area contributed by atoms with Crippen molar-refractivity contribution in [2.45, 2.75) is 84.6 Å². The number of nitrogens with one attached hydrogen (secondary N) is 1. The third-order valence-electron chi connectivity index (χ3n) is 5.90. The Morgan fingerprint density at radius 3 is 2.43 bits per heavy atom. The number of hydrogen-bond acceptors (Lipinski definition) is 4. The van der Waals surface area contributed by atoms with Crippen molar-refractivity contribution in [3.8, 4) is 17.2 Å². The van der Waals surface area contributed by atoms with Crippen molar-refractivity contribution in [2.75, 3.05) is 26.9 Å². The van der Waals surface area contributed by atoms with Crippen molar-refractivity contribution in [1.82, 2.24) is 5.32 Å². The maximum atomic E-state index is 12.2. The van der Waals surface area contributed by atoms with Gasteiger partial charge in [0.2, 0.25) is 0 Å². The van der Waals surface area contributed by atoms with Gasteiger partial charge in [0.1, 0.15) is 12.3 Å². The van der Waals surface area contributed by atoms with Crippen molar-refractivity contribution in [1.29, 1.82) is 0 Å². The van der Waals surface area contributed by atoms with Crippen molar-refractivity contribution in [3.63, 3.8) is 0 Å². The molecular formula is C29H45N2O4+. The van der Waals surface area contributed by atoms with Crippen LogP contribution in [0, 0.1) is 0 Å². The number of ether oxygens (including phenoxy) is 3. The Morgan fingerprint density at radius 2 is 1.69 bits per heavy atom. The monoisotopic (exact) mass is 485 g/mol. The zero-order valence-corrected chi connectivity index (χ0v) is 22.0. The molecule has 0 radical (unpaired) electrons. The van der Waals surface area contributed by atoms with Crippen LogP contribution in [0.15, 0.2) is 42.7 Å². The molecule has 0 fully saturated rings. The highest BCUT2D eigenvalue weighted by atomic mass is 16.5. The lowest BCUT2D eigenvalue weighted by atomic mass is 10.1. The SMILES string of the molecule is CCCCCCCCCCOc1ccc(OCC(=O)NCCc2ccc[n+](CCC)c2)c(OC)c1. The molecule has 0 saturated heterocycles. The van der Waals surface area contributed by atoms with Gasteiger partial charge in [0.25, 0.3) is 5.91 Å². The van der Waals surface area contributed by atoms with Crippen LogP contribution in [0.5, 0.6) is 17.2 Å². The second kappa shape index (κ2) is 17.6. The van der Waals surface area contributed by atoms with Crippen LogP contribution in [0.4, 0.5) is 0 Å². The number of carbonyl (C=O) groups is 1. The van der Waals surface area contributed by atoms with Gasteiger partial charge in [-0.2, -0.15) is 0 Å². The molecule has 1 aromatic carbocycles. The fourth-order valence-electron chi connectivity index (χ4n) is 3.94. The molecule has 2 aromatic rings. The van der Waals surface area contributed by atoms with Crippen LogP contribution in [0.1, 0.15) is 77.2 Å². The fraction of sp³-hybridized carbons (Fsp3) is 0.586. The first-order valence-corrected chi connectivity index (χ1v) is 13.3. The number of aromatic nitrogens is 1. The van der Waals surface area contributed by atoms with Gasteiger partial charge in [0.15, 0.2) is 30.5 Å². The predicted molar refractivity (Wildman–Crippen MR) is 140 cm³/mol. The molecule has 0 saturated carbocycles. The van der Waals surface area contributed by atoms with E-state index in [9.17, 15) is 4.79 Å². The summed E-state index contributed by atoms with van der Waals surface area (Å²) >= 11 is 0. The van der Waals surface area contributed by atoms with Crippen LogP contribution in [0.2, 0.25) is 0 Å². The van der Waals surface area contributed by atoms with Gasteiger partial charge in [-0.3, -0.25) is 4.79 Å². The number of pyridine rings is 1. The highest BCUT2D eigenvalue weighted by Crippen LogP contribution is 2.31. The Bertz CT molecular complexity index is 856. The third-order valence-corrected chi connectivity index (χ3v) is 5.90. The molecule has 1 N–H and O–H groups in total. The lowest BCUT2D eigenvalue weighted by Gasteiger charge is -2.13. The Hall–Kier alpha value is -2.76. The van der Waals surface area contributed by atoms with Crippen molar-refractivity contribution in [2.24, 2.45) is 0 Å². The molecule has 35 heavy (non-hydrogen) atoms. The predicted octanol–water partition coefficient (Wildman–Crippen LogP) is 5.65. The second-order valence-electron chi connectivity index (χ2n) is 8.97. The summed E-state index contributed by atoms with van der Waals surface area (Å²) < 4.78 is 19.2. The molecule has 0 bridgehead atoms. The molecule has 1 heterocycles. The largest absolute Gasteiger partial charge is 0.493 e. The molecule has 1 aromatic heterocycles. The number of aryl methyl sites for hydroxylation is 1. The highest BCUT2D eigenvalue weighted by Gasteiger charge is 2.10. The number of methoxy groups -OCH3 is 1. The first kappa shape index (κ1) is 28.5. The molecule has 6 heteroatoms. The van der Waals surface area contributed by atoms with Gasteiger partial charge < -0.3 is 19.5 Å².